The normalized spacial score (nSPS) is 11.5. The van der Waals surface area contributed by atoms with Crippen molar-refractivity contribution in [2.75, 3.05) is 10.8 Å². The minimum absolute atomic E-state index is 0.252. The molecular weight excluding hydrogens is 469 g/mol. The smallest absolute Gasteiger partial charge is 0.187 e. The average molecular weight is 493 g/mol. The molecule has 11 nitrogen and oxygen atoms in total. The molecule has 2 aromatic heterocycles. The summed E-state index contributed by atoms with van der Waals surface area (Å²) in [6, 6.07) is 0. The predicted molar refractivity (Wildman–Crippen MR) is 127 cm³/mol. The molecule has 0 aliphatic rings. The monoisotopic (exact) mass is 492 g/mol. The highest BCUT2D eigenvalue weighted by Gasteiger charge is 2.33. The summed E-state index contributed by atoms with van der Waals surface area (Å²) in [6.07, 6.45) is 6.75. The molecule has 164 valence electrons. The molecule has 2 heterocycles. The highest BCUT2D eigenvalue weighted by Crippen LogP contribution is 2.26. The van der Waals surface area contributed by atoms with E-state index in [4.69, 9.17) is 15.2 Å². The second kappa shape index (κ2) is 12.0. The van der Waals surface area contributed by atoms with E-state index >= 15 is 0 Å². The van der Waals surface area contributed by atoms with Crippen LogP contribution >= 0.6 is 23.5 Å². The minimum Gasteiger partial charge on any atom is -0.454 e. The first kappa shape index (κ1) is 25.1. The fraction of sp³-hybridized carbons (Fsp3) is 0.500. The molecule has 0 aliphatic carbocycles. The predicted octanol–water partition coefficient (Wildman–Crippen LogP) is 5.28. The van der Waals surface area contributed by atoms with E-state index < -0.39 is 16.6 Å². The first-order valence-corrected chi connectivity index (χ1v) is 17.5. The van der Waals surface area contributed by atoms with Crippen molar-refractivity contribution in [2.45, 2.75) is 49.6 Å². The molecule has 0 saturated carbocycles. The maximum absolute atomic E-state index is 8.38. The lowest BCUT2D eigenvalue weighted by molar-refractivity contribution is 0.556. The second-order valence-electron chi connectivity index (χ2n) is 7.72. The maximum atomic E-state index is 8.38. The molecule has 0 N–H and O–H groups in total. The van der Waals surface area contributed by atoms with Crippen LogP contribution in [-0.4, -0.2) is 47.3 Å². The summed E-state index contributed by atoms with van der Waals surface area (Å²) >= 11 is 3.18. The Hall–Kier alpha value is -2.13. The molecule has 0 atom stereocenters. The minimum atomic E-state index is -1.94. The summed E-state index contributed by atoms with van der Waals surface area (Å²) in [5, 5.41) is 10.1. The highest BCUT2D eigenvalue weighted by molar-refractivity contribution is 8.01. The zero-order chi connectivity index (χ0) is 22.7. The molecule has 0 bridgehead atoms. The lowest BCUT2D eigenvalue weighted by atomic mass is 10.4. The Labute approximate surface area is 191 Å². The Morgan fingerprint density at radius 3 is 1.45 bits per heavy atom. The van der Waals surface area contributed by atoms with Crippen LogP contribution in [0, 0.1) is 0 Å². The molecule has 0 radical (unpaired) electrons. The first-order chi connectivity index (χ1) is 14.7. The van der Waals surface area contributed by atoms with Crippen LogP contribution in [0.25, 0.3) is 20.9 Å². The quantitative estimate of drug-likeness (QED) is 0.0973. The van der Waals surface area contributed by atoms with E-state index in [1.807, 2.05) is 0 Å². The summed E-state index contributed by atoms with van der Waals surface area (Å²) in [4.78, 5) is 22.8. The van der Waals surface area contributed by atoms with Crippen LogP contribution in [0.3, 0.4) is 0 Å². The van der Waals surface area contributed by atoms with Gasteiger partial charge in [0.2, 0.25) is 0 Å². The maximum Gasteiger partial charge on any atom is 0.187 e. The summed E-state index contributed by atoms with van der Waals surface area (Å²) in [7, 11) is -3.88. The van der Waals surface area contributed by atoms with Crippen LogP contribution < -0.4 is 0 Å². The van der Waals surface area contributed by atoms with Gasteiger partial charge in [-0.3, -0.25) is 0 Å². The SMILES string of the molecule is C[Si](C)(CSc1ncc(CN=[N+]=[N-])cn1)O[Si](C)(C)CSc1ncc(CN=[N+]=[N-])cn1. The van der Waals surface area contributed by atoms with Crippen molar-refractivity contribution < 1.29 is 4.12 Å². The van der Waals surface area contributed by atoms with Crippen LogP contribution in [0.2, 0.25) is 26.2 Å². The van der Waals surface area contributed by atoms with Crippen molar-refractivity contribution in [1.82, 2.24) is 19.9 Å². The fourth-order valence-electron chi connectivity index (χ4n) is 2.51. The van der Waals surface area contributed by atoms with Gasteiger partial charge in [0, 0.05) is 45.4 Å². The van der Waals surface area contributed by atoms with Gasteiger partial charge in [0.1, 0.15) is 0 Å². The lowest BCUT2D eigenvalue weighted by Gasteiger charge is -2.33. The molecule has 0 aliphatic heterocycles. The number of aromatic nitrogens is 4. The van der Waals surface area contributed by atoms with Gasteiger partial charge in [0.15, 0.2) is 26.9 Å². The third-order valence-electron chi connectivity index (χ3n) is 3.65. The van der Waals surface area contributed by atoms with Gasteiger partial charge in [-0.2, -0.15) is 0 Å². The van der Waals surface area contributed by atoms with Crippen LogP contribution in [-0.2, 0) is 17.2 Å². The van der Waals surface area contributed by atoms with Crippen LogP contribution in [0.1, 0.15) is 11.1 Å². The zero-order valence-corrected chi connectivity index (χ0v) is 21.5. The van der Waals surface area contributed by atoms with Crippen molar-refractivity contribution in [1.29, 1.82) is 0 Å². The van der Waals surface area contributed by atoms with Crippen molar-refractivity contribution in [3.8, 4) is 0 Å². The highest BCUT2D eigenvalue weighted by atomic mass is 32.2. The molecule has 31 heavy (non-hydrogen) atoms. The Morgan fingerprint density at radius 1 is 0.774 bits per heavy atom. The van der Waals surface area contributed by atoms with Gasteiger partial charge < -0.3 is 4.12 Å². The van der Waals surface area contributed by atoms with Crippen LogP contribution in [0.15, 0.2) is 45.3 Å². The number of thioether (sulfide) groups is 2. The van der Waals surface area contributed by atoms with Crippen LogP contribution in [0.4, 0.5) is 0 Å². The number of hydrogen-bond donors (Lipinski definition) is 0. The van der Waals surface area contributed by atoms with Gasteiger partial charge in [0.05, 0.1) is 13.1 Å². The molecule has 0 amide bonds. The van der Waals surface area contributed by atoms with Gasteiger partial charge >= 0.3 is 0 Å². The van der Waals surface area contributed by atoms with Crippen molar-refractivity contribution >= 4 is 40.2 Å². The van der Waals surface area contributed by atoms with E-state index in [0.29, 0.717) is 10.3 Å². The third-order valence-corrected chi connectivity index (χ3v) is 15.7. The first-order valence-electron chi connectivity index (χ1n) is 9.32. The molecule has 0 unspecified atom stereocenters. The molecule has 0 saturated heterocycles. The van der Waals surface area contributed by atoms with E-state index in [1.54, 1.807) is 48.3 Å². The number of rotatable bonds is 12. The van der Waals surface area contributed by atoms with Gasteiger partial charge in [0.25, 0.3) is 0 Å². The van der Waals surface area contributed by atoms with Gasteiger partial charge in [-0.05, 0) is 48.4 Å². The topological polar surface area (TPSA) is 158 Å². The van der Waals surface area contributed by atoms with E-state index in [2.05, 4.69) is 66.2 Å². The Kier molecular flexibility index (Phi) is 9.77. The summed E-state index contributed by atoms with van der Waals surface area (Å²) < 4.78 is 6.64. The van der Waals surface area contributed by atoms with Crippen LogP contribution in [0.5, 0.6) is 0 Å². The van der Waals surface area contributed by atoms with E-state index in [1.165, 1.54) is 0 Å². The van der Waals surface area contributed by atoms with Gasteiger partial charge in [-0.25, -0.2) is 19.9 Å². The number of hydrogen-bond acceptors (Lipinski definition) is 9. The molecule has 2 aromatic rings. The Morgan fingerprint density at radius 2 is 1.13 bits per heavy atom. The molecule has 0 fully saturated rings. The Balaban J connectivity index is 1.84. The average Bonchev–Trinajstić information content (AvgIpc) is 2.74. The fourth-order valence-corrected chi connectivity index (χ4v) is 14.3. The molecule has 0 aromatic carbocycles. The number of nitrogens with zero attached hydrogens (tertiary/aromatic N) is 10. The Bertz CT molecular complexity index is 868. The molecule has 2 rings (SSSR count). The number of azide groups is 2. The van der Waals surface area contributed by atoms with Crippen molar-refractivity contribution in [2.24, 2.45) is 10.2 Å². The largest absolute Gasteiger partial charge is 0.454 e. The zero-order valence-electron chi connectivity index (χ0n) is 17.8. The molecule has 15 heteroatoms. The molecule has 0 spiro atoms. The standard InChI is InChI=1S/C16H24N10OS2Si2/c1-30(2,11-28-15-19-5-13(6-20-15)9-23-25-17)27-31(3,4)12-29-16-21-7-14(8-22-16)10-24-26-18/h5-8H,9-12H2,1-4H3. The summed E-state index contributed by atoms with van der Waals surface area (Å²) in [6.45, 7) is 9.32. The van der Waals surface area contributed by atoms with Gasteiger partial charge in [-0.15, -0.1) is 0 Å². The summed E-state index contributed by atoms with van der Waals surface area (Å²) in [5.74, 6) is 0. The molecular formula is C16H24N10OS2Si2. The van der Waals surface area contributed by atoms with E-state index in [9.17, 15) is 0 Å². The third kappa shape index (κ3) is 9.69. The summed E-state index contributed by atoms with van der Waals surface area (Å²) in [5.41, 5.74) is 18.3. The van der Waals surface area contributed by atoms with Gasteiger partial charge in [-0.1, -0.05) is 33.8 Å². The second-order valence-corrected chi connectivity index (χ2v) is 19.2. The van der Waals surface area contributed by atoms with E-state index in [0.717, 1.165) is 21.9 Å². The van der Waals surface area contributed by atoms with Crippen molar-refractivity contribution in [3.05, 3.63) is 56.8 Å². The lowest BCUT2D eigenvalue weighted by Crippen LogP contribution is -2.48. The van der Waals surface area contributed by atoms with E-state index in [-0.39, 0.29) is 13.1 Å². The van der Waals surface area contributed by atoms with Crippen molar-refractivity contribution in [3.63, 3.8) is 0 Å².